The van der Waals surface area contributed by atoms with Gasteiger partial charge in [-0.2, -0.15) is 0 Å². The molecule has 6 rings (SSSR count). The van der Waals surface area contributed by atoms with Crippen LogP contribution in [0.4, 0.5) is 5.69 Å². The average Bonchev–Trinajstić information content (AvgIpc) is 2.77. The molecule has 0 aliphatic heterocycles. The summed E-state index contributed by atoms with van der Waals surface area (Å²) >= 11 is 1.44. The minimum atomic E-state index is -0.179. The summed E-state index contributed by atoms with van der Waals surface area (Å²) in [7, 11) is 0. The number of amides is 2. The number of rotatable bonds is 8. The second-order valence-corrected chi connectivity index (χ2v) is 11.7. The molecule has 4 saturated carbocycles. The maximum absolute atomic E-state index is 13.0. The topological polar surface area (TPSA) is 67.4 Å². The molecule has 2 aromatic rings. The van der Waals surface area contributed by atoms with Crippen molar-refractivity contribution in [3.8, 4) is 5.75 Å². The summed E-state index contributed by atoms with van der Waals surface area (Å²) in [6, 6.07) is 14.9. The number of nitrogens with one attached hydrogen (secondary N) is 2. The molecule has 4 aliphatic rings. The molecular formula is C28H34N2O3S. The zero-order valence-corrected chi connectivity index (χ0v) is 20.8. The van der Waals surface area contributed by atoms with Gasteiger partial charge >= 0.3 is 0 Å². The number of thioether (sulfide) groups is 1. The van der Waals surface area contributed by atoms with Crippen LogP contribution in [0, 0.1) is 17.8 Å². The summed E-state index contributed by atoms with van der Waals surface area (Å²) in [6.45, 7) is 3.96. The fourth-order valence-corrected chi connectivity index (χ4v) is 7.46. The van der Waals surface area contributed by atoms with Crippen molar-refractivity contribution in [2.75, 3.05) is 11.1 Å². The first kappa shape index (κ1) is 23.3. The molecule has 0 unspecified atom stereocenters. The van der Waals surface area contributed by atoms with Gasteiger partial charge in [0, 0.05) is 16.1 Å². The first-order valence-electron chi connectivity index (χ1n) is 12.5. The second kappa shape index (κ2) is 9.65. The van der Waals surface area contributed by atoms with Crippen molar-refractivity contribution in [1.29, 1.82) is 0 Å². The van der Waals surface area contributed by atoms with Crippen LogP contribution in [0.25, 0.3) is 0 Å². The Morgan fingerprint density at radius 1 is 0.971 bits per heavy atom. The SMILES string of the molecule is CC(C)Oc1ccc(NC(=O)c2ccccc2SCC(=O)NC23CC4CC(CC(C4)C2)C3)cc1. The number of benzene rings is 2. The third-order valence-corrected chi connectivity index (χ3v) is 8.49. The molecule has 0 spiro atoms. The van der Waals surface area contributed by atoms with E-state index in [1.54, 1.807) is 0 Å². The van der Waals surface area contributed by atoms with Crippen LogP contribution in [0.2, 0.25) is 0 Å². The molecule has 4 aliphatic carbocycles. The Kier molecular flexibility index (Phi) is 6.61. The lowest BCUT2D eigenvalue weighted by molar-refractivity contribution is -0.124. The normalized spacial score (nSPS) is 27.0. The minimum absolute atomic E-state index is 0.0226. The molecule has 0 radical (unpaired) electrons. The second-order valence-electron chi connectivity index (χ2n) is 10.7. The van der Waals surface area contributed by atoms with Crippen molar-refractivity contribution in [3.05, 3.63) is 54.1 Å². The molecule has 4 fully saturated rings. The molecule has 0 aromatic heterocycles. The summed E-state index contributed by atoms with van der Waals surface area (Å²) in [4.78, 5) is 26.7. The van der Waals surface area contributed by atoms with E-state index in [0.717, 1.165) is 47.7 Å². The lowest BCUT2D eigenvalue weighted by Gasteiger charge is -2.56. The molecule has 4 bridgehead atoms. The fraction of sp³-hybridized carbons (Fsp3) is 0.500. The van der Waals surface area contributed by atoms with Crippen molar-refractivity contribution in [1.82, 2.24) is 5.32 Å². The van der Waals surface area contributed by atoms with Gasteiger partial charge in [-0.3, -0.25) is 9.59 Å². The van der Waals surface area contributed by atoms with Gasteiger partial charge in [0.1, 0.15) is 5.75 Å². The van der Waals surface area contributed by atoms with Crippen molar-refractivity contribution in [3.63, 3.8) is 0 Å². The standard InChI is InChI=1S/C28H34N2O3S/c1-18(2)33-23-9-7-22(8-10-23)29-27(32)24-5-3-4-6-25(24)34-17-26(31)30-28-14-19-11-20(15-28)13-21(12-19)16-28/h3-10,18-21H,11-17H2,1-2H3,(H,29,32)(H,30,31). The monoisotopic (exact) mass is 478 g/mol. The van der Waals surface area contributed by atoms with E-state index in [0.29, 0.717) is 17.0 Å². The third-order valence-electron chi connectivity index (χ3n) is 7.42. The van der Waals surface area contributed by atoms with Crippen LogP contribution in [0.1, 0.15) is 62.7 Å². The molecule has 0 saturated heterocycles. The fourth-order valence-electron chi connectivity index (χ4n) is 6.61. The third kappa shape index (κ3) is 5.27. The lowest BCUT2D eigenvalue weighted by atomic mass is 9.53. The predicted molar refractivity (Wildman–Crippen MR) is 136 cm³/mol. The summed E-state index contributed by atoms with van der Waals surface area (Å²) in [5.41, 5.74) is 1.31. The Labute approximate surface area is 206 Å². The number of hydrogen-bond acceptors (Lipinski definition) is 4. The summed E-state index contributed by atoms with van der Waals surface area (Å²) in [6.07, 6.45) is 7.63. The highest BCUT2D eigenvalue weighted by molar-refractivity contribution is 8.00. The predicted octanol–water partition coefficient (Wildman–Crippen LogP) is 5.90. The van der Waals surface area contributed by atoms with Gasteiger partial charge in [-0.15, -0.1) is 11.8 Å². The highest BCUT2D eigenvalue weighted by Gasteiger charge is 2.51. The maximum atomic E-state index is 13.0. The van der Waals surface area contributed by atoms with E-state index in [1.165, 1.54) is 31.0 Å². The van der Waals surface area contributed by atoms with Gasteiger partial charge in [0.05, 0.1) is 17.4 Å². The minimum Gasteiger partial charge on any atom is -0.491 e. The Balaban J connectivity index is 1.19. The maximum Gasteiger partial charge on any atom is 0.256 e. The van der Waals surface area contributed by atoms with Gasteiger partial charge in [0.25, 0.3) is 5.91 Å². The van der Waals surface area contributed by atoms with E-state index in [2.05, 4.69) is 10.6 Å². The van der Waals surface area contributed by atoms with E-state index in [-0.39, 0.29) is 23.5 Å². The van der Waals surface area contributed by atoms with Crippen molar-refractivity contribution < 1.29 is 14.3 Å². The van der Waals surface area contributed by atoms with Crippen LogP contribution < -0.4 is 15.4 Å². The van der Waals surface area contributed by atoms with Gasteiger partial charge in [-0.25, -0.2) is 0 Å². The molecule has 2 aromatic carbocycles. The Morgan fingerprint density at radius 3 is 2.21 bits per heavy atom. The first-order chi connectivity index (χ1) is 16.4. The number of carbonyl (C=O) groups excluding carboxylic acids is 2. The number of ether oxygens (including phenoxy) is 1. The average molecular weight is 479 g/mol. The lowest BCUT2D eigenvalue weighted by Crippen LogP contribution is -2.60. The van der Waals surface area contributed by atoms with E-state index < -0.39 is 0 Å². The van der Waals surface area contributed by atoms with Gasteiger partial charge in [0.15, 0.2) is 0 Å². The Hall–Kier alpha value is -2.47. The highest BCUT2D eigenvalue weighted by Crippen LogP contribution is 2.55. The zero-order valence-electron chi connectivity index (χ0n) is 20.0. The van der Waals surface area contributed by atoms with Gasteiger partial charge in [0.2, 0.25) is 5.91 Å². The molecular weight excluding hydrogens is 444 g/mol. The van der Waals surface area contributed by atoms with Crippen LogP contribution in [0.3, 0.4) is 0 Å². The largest absolute Gasteiger partial charge is 0.491 e. The number of anilines is 1. The van der Waals surface area contributed by atoms with Crippen LogP contribution in [-0.2, 0) is 4.79 Å². The van der Waals surface area contributed by atoms with E-state index in [4.69, 9.17) is 4.74 Å². The van der Waals surface area contributed by atoms with Crippen LogP contribution in [0.5, 0.6) is 5.75 Å². The molecule has 180 valence electrons. The molecule has 34 heavy (non-hydrogen) atoms. The van der Waals surface area contributed by atoms with E-state index >= 15 is 0 Å². The summed E-state index contributed by atoms with van der Waals surface area (Å²) < 4.78 is 5.67. The molecule has 0 heterocycles. The van der Waals surface area contributed by atoms with Crippen LogP contribution >= 0.6 is 11.8 Å². The van der Waals surface area contributed by atoms with Crippen molar-refractivity contribution in [2.45, 2.75) is 68.9 Å². The zero-order chi connectivity index (χ0) is 23.7. The first-order valence-corrected chi connectivity index (χ1v) is 13.5. The number of carbonyl (C=O) groups is 2. The molecule has 5 nitrogen and oxygen atoms in total. The molecule has 6 heteroatoms. The van der Waals surface area contributed by atoms with Gasteiger partial charge in [-0.1, -0.05) is 12.1 Å². The highest BCUT2D eigenvalue weighted by atomic mass is 32.2. The smallest absolute Gasteiger partial charge is 0.256 e. The van der Waals surface area contributed by atoms with Crippen LogP contribution in [0.15, 0.2) is 53.4 Å². The Bertz CT molecular complexity index is 1010. The van der Waals surface area contributed by atoms with E-state index in [1.807, 2.05) is 62.4 Å². The van der Waals surface area contributed by atoms with Gasteiger partial charge < -0.3 is 15.4 Å². The Morgan fingerprint density at radius 2 is 1.59 bits per heavy atom. The summed E-state index contributed by atoms with van der Waals surface area (Å²) in [5.74, 6) is 3.41. The molecule has 2 amide bonds. The van der Waals surface area contributed by atoms with E-state index in [9.17, 15) is 9.59 Å². The molecule has 2 N–H and O–H groups in total. The quantitative estimate of drug-likeness (QED) is 0.463. The molecule has 0 atom stereocenters. The number of hydrogen-bond donors (Lipinski definition) is 2. The summed E-state index contributed by atoms with van der Waals surface area (Å²) in [5, 5.41) is 6.39. The van der Waals surface area contributed by atoms with Gasteiger partial charge in [-0.05, 0) is 107 Å². The van der Waals surface area contributed by atoms with Crippen molar-refractivity contribution in [2.24, 2.45) is 17.8 Å². The van der Waals surface area contributed by atoms with Crippen molar-refractivity contribution >= 4 is 29.3 Å². The van der Waals surface area contributed by atoms with Crippen LogP contribution in [-0.4, -0.2) is 29.2 Å².